The van der Waals surface area contributed by atoms with Crippen molar-refractivity contribution in [2.75, 3.05) is 5.73 Å². The summed E-state index contributed by atoms with van der Waals surface area (Å²) in [5.74, 6) is 0.775. The van der Waals surface area contributed by atoms with Crippen LogP contribution < -0.4 is 5.73 Å². The number of nitrogens with zero attached hydrogens (tertiary/aromatic N) is 1. The molecule has 0 aliphatic heterocycles. The lowest BCUT2D eigenvalue weighted by molar-refractivity contribution is 0.536. The third-order valence-electron chi connectivity index (χ3n) is 2.49. The van der Waals surface area contributed by atoms with Gasteiger partial charge in [-0.15, -0.1) is 0 Å². The monoisotopic (exact) mass is 190 g/mol. The summed E-state index contributed by atoms with van der Waals surface area (Å²) in [6.07, 6.45) is 0.813. The molecule has 0 fully saturated rings. The molecular formula is C11H14N2O. The van der Waals surface area contributed by atoms with Crippen LogP contribution in [0.1, 0.15) is 23.9 Å². The minimum absolute atomic E-state index is 0.775. The van der Waals surface area contributed by atoms with Crippen molar-refractivity contribution in [1.82, 2.24) is 4.98 Å². The molecule has 0 saturated carbocycles. The molecule has 74 valence electrons. The fraction of sp³-hybridized carbons (Fsp3) is 0.364. The number of fused-ring (bicyclic) bond motifs is 1. The van der Waals surface area contributed by atoms with Crippen molar-refractivity contribution >= 4 is 16.8 Å². The quantitative estimate of drug-likeness (QED) is 0.703. The summed E-state index contributed by atoms with van der Waals surface area (Å²) in [7, 11) is 0. The summed E-state index contributed by atoms with van der Waals surface area (Å²) in [6.45, 7) is 5.99. The van der Waals surface area contributed by atoms with Crippen LogP contribution in [0.15, 0.2) is 10.5 Å². The summed E-state index contributed by atoms with van der Waals surface area (Å²) in [5, 5.41) is 0. The molecule has 2 aromatic rings. The Morgan fingerprint density at radius 3 is 2.79 bits per heavy atom. The maximum atomic E-state index is 5.86. The van der Waals surface area contributed by atoms with E-state index in [0.717, 1.165) is 40.2 Å². The van der Waals surface area contributed by atoms with Crippen LogP contribution in [0, 0.1) is 13.8 Å². The topological polar surface area (TPSA) is 52.0 Å². The number of oxazole rings is 1. The number of hydrogen-bond acceptors (Lipinski definition) is 3. The van der Waals surface area contributed by atoms with Gasteiger partial charge in [-0.2, -0.15) is 0 Å². The Morgan fingerprint density at radius 1 is 1.43 bits per heavy atom. The zero-order valence-corrected chi connectivity index (χ0v) is 8.72. The molecule has 1 aromatic carbocycles. The molecule has 0 aliphatic carbocycles. The van der Waals surface area contributed by atoms with Crippen molar-refractivity contribution in [2.45, 2.75) is 27.2 Å². The van der Waals surface area contributed by atoms with Crippen LogP contribution in [-0.2, 0) is 6.42 Å². The van der Waals surface area contributed by atoms with Gasteiger partial charge in [-0.1, -0.05) is 6.92 Å². The van der Waals surface area contributed by atoms with Crippen molar-refractivity contribution < 1.29 is 4.42 Å². The molecule has 0 saturated heterocycles. The lowest BCUT2D eigenvalue weighted by Crippen LogP contribution is -1.91. The second-order valence-corrected chi connectivity index (χ2v) is 3.55. The molecular weight excluding hydrogens is 176 g/mol. The van der Waals surface area contributed by atoms with Crippen molar-refractivity contribution in [3.05, 3.63) is 23.1 Å². The summed E-state index contributed by atoms with van der Waals surface area (Å²) in [6, 6.07) is 1.93. The Bertz CT molecular complexity index is 485. The highest BCUT2D eigenvalue weighted by atomic mass is 16.3. The molecule has 2 rings (SSSR count). The van der Waals surface area contributed by atoms with Gasteiger partial charge >= 0.3 is 0 Å². The van der Waals surface area contributed by atoms with E-state index in [1.54, 1.807) is 0 Å². The zero-order valence-electron chi connectivity index (χ0n) is 8.72. The third-order valence-corrected chi connectivity index (χ3v) is 2.49. The zero-order chi connectivity index (χ0) is 10.3. The van der Waals surface area contributed by atoms with E-state index in [4.69, 9.17) is 10.2 Å². The van der Waals surface area contributed by atoms with Crippen molar-refractivity contribution in [3.63, 3.8) is 0 Å². The maximum absolute atomic E-state index is 5.86. The van der Waals surface area contributed by atoms with Crippen LogP contribution in [0.5, 0.6) is 0 Å². The number of aromatic nitrogens is 1. The van der Waals surface area contributed by atoms with E-state index in [-0.39, 0.29) is 0 Å². The van der Waals surface area contributed by atoms with Gasteiger partial charge in [0.1, 0.15) is 5.52 Å². The van der Waals surface area contributed by atoms with Crippen LogP contribution >= 0.6 is 0 Å². The highest BCUT2D eigenvalue weighted by Crippen LogP contribution is 2.27. The highest BCUT2D eigenvalue weighted by Gasteiger charge is 2.11. The van der Waals surface area contributed by atoms with E-state index in [2.05, 4.69) is 4.98 Å². The standard InChI is InChI=1S/C11H14N2O/c1-4-9-13-10-7(3)8(12)5-6(2)11(10)14-9/h5H,4,12H2,1-3H3. The number of benzene rings is 1. The first-order valence-corrected chi connectivity index (χ1v) is 4.78. The fourth-order valence-corrected chi connectivity index (χ4v) is 1.58. The molecule has 0 amide bonds. The second-order valence-electron chi connectivity index (χ2n) is 3.55. The molecule has 0 radical (unpaired) electrons. The van der Waals surface area contributed by atoms with E-state index in [1.165, 1.54) is 0 Å². The summed E-state index contributed by atoms with van der Waals surface area (Å²) >= 11 is 0. The van der Waals surface area contributed by atoms with Gasteiger partial charge in [0.2, 0.25) is 0 Å². The van der Waals surface area contributed by atoms with Gasteiger partial charge in [-0.05, 0) is 25.5 Å². The summed E-state index contributed by atoms with van der Waals surface area (Å²) in [5.41, 5.74) is 10.5. The largest absolute Gasteiger partial charge is 0.440 e. The molecule has 0 atom stereocenters. The molecule has 0 aliphatic rings. The number of anilines is 1. The van der Waals surface area contributed by atoms with Gasteiger partial charge in [0.05, 0.1) is 0 Å². The number of aryl methyl sites for hydroxylation is 3. The van der Waals surface area contributed by atoms with Crippen LogP contribution in [0.2, 0.25) is 0 Å². The average molecular weight is 190 g/mol. The third kappa shape index (κ3) is 1.16. The van der Waals surface area contributed by atoms with E-state index < -0.39 is 0 Å². The molecule has 3 nitrogen and oxygen atoms in total. The van der Waals surface area contributed by atoms with E-state index in [1.807, 2.05) is 26.8 Å². The minimum atomic E-state index is 0.775. The van der Waals surface area contributed by atoms with Crippen molar-refractivity contribution in [2.24, 2.45) is 0 Å². The normalized spacial score (nSPS) is 11.1. The SMILES string of the molecule is CCc1nc2c(C)c(N)cc(C)c2o1. The molecule has 0 spiro atoms. The first-order valence-electron chi connectivity index (χ1n) is 4.78. The molecule has 1 aromatic heterocycles. The first kappa shape index (κ1) is 9.06. The predicted octanol–water partition coefficient (Wildman–Crippen LogP) is 2.59. The van der Waals surface area contributed by atoms with Crippen LogP contribution in [0.3, 0.4) is 0 Å². The summed E-state index contributed by atoms with van der Waals surface area (Å²) in [4.78, 5) is 4.41. The lowest BCUT2D eigenvalue weighted by atomic mass is 10.1. The molecule has 2 N–H and O–H groups in total. The van der Waals surface area contributed by atoms with Gasteiger partial charge in [-0.25, -0.2) is 4.98 Å². The van der Waals surface area contributed by atoms with E-state index >= 15 is 0 Å². The Kier molecular flexibility index (Phi) is 1.95. The van der Waals surface area contributed by atoms with Crippen LogP contribution in [0.4, 0.5) is 5.69 Å². The Balaban J connectivity index is 2.84. The number of nitrogen functional groups attached to an aromatic ring is 1. The highest BCUT2D eigenvalue weighted by molar-refractivity contribution is 5.84. The second kappa shape index (κ2) is 3.01. The molecule has 0 bridgehead atoms. The Labute approximate surface area is 82.9 Å². The molecule has 0 unspecified atom stereocenters. The van der Waals surface area contributed by atoms with Gasteiger partial charge in [-0.3, -0.25) is 0 Å². The van der Waals surface area contributed by atoms with Crippen LogP contribution in [0.25, 0.3) is 11.1 Å². The Morgan fingerprint density at radius 2 is 2.14 bits per heavy atom. The molecule has 1 heterocycles. The fourth-order valence-electron chi connectivity index (χ4n) is 1.58. The van der Waals surface area contributed by atoms with Gasteiger partial charge in [0.25, 0.3) is 0 Å². The predicted molar refractivity (Wildman–Crippen MR) is 57.3 cm³/mol. The van der Waals surface area contributed by atoms with Gasteiger partial charge in [0, 0.05) is 17.7 Å². The van der Waals surface area contributed by atoms with Crippen LogP contribution in [-0.4, -0.2) is 4.98 Å². The lowest BCUT2D eigenvalue weighted by Gasteiger charge is -2.01. The van der Waals surface area contributed by atoms with Gasteiger partial charge in [0.15, 0.2) is 11.5 Å². The number of nitrogens with two attached hydrogens (primary N) is 1. The van der Waals surface area contributed by atoms with E-state index in [9.17, 15) is 0 Å². The minimum Gasteiger partial charge on any atom is -0.440 e. The molecule has 14 heavy (non-hydrogen) atoms. The maximum Gasteiger partial charge on any atom is 0.195 e. The number of hydrogen-bond donors (Lipinski definition) is 1. The summed E-state index contributed by atoms with van der Waals surface area (Å²) < 4.78 is 5.62. The first-order chi connectivity index (χ1) is 6.63. The molecule has 3 heteroatoms. The Hall–Kier alpha value is -1.51. The van der Waals surface area contributed by atoms with Crippen molar-refractivity contribution in [3.8, 4) is 0 Å². The average Bonchev–Trinajstić information content (AvgIpc) is 2.58. The number of rotatable bonds is 1. The van der Waals surface area contributed by atoms with Crippen molar-refractivity contribution in [1.29, 1.82) is 0 Å². The smallest absolute Gasteiger partial charge is 0.195 e. The van der Waals surface area contributed by atoms with Gasteiger partial charge < -0.3 is 10.2 Å². The van der Waals surface area contributed by atoms with E-state index in [0.29, 0.717) is 0 Å².